The van der Waals surface area contributed by atoms with E-state index in [1.165, 1.54) is 24.3 Å². The molecule has 0 spiro atoms. The third-order valence-electron chi connectivity index (χ3n) is 4.73. The summed E-state index contributed by atoms with van der Waals surface area (Å²) >= 11 is 5.77. The highest BCUT2D eigenvalue weighted by molar-refractivity contribution is 7.86. The number of nitrogens with zero attached hydrogens (tertiary/aromatic N) is 1. The van der Waals surface area contributed by atoms with Gasteiger partial charge in [0.05, 0.1) is 11.4 Å². The lowest BCUT2D eigenvalue weighted by Gasteiger charge is -2.40. The molecule has 1 N–H and O–H groups in total. The molecular weight excluding hydrogens is 354 g/mol. The molecule has 6 nitrogen and oxygen atoms in total. The summed E-state index contributed by atoms with van der Waals surface area (Å²) in [6.45, 7) is 7.75. The smallest absolute Gasteiger partial charge is 0.435 e. The molecule has 1 saturated heterocycles. The molecule has 0 aliphatic carbocycles. The number of carbonyl (C=O) groups is 1. The molecule has 1 aromatic carbocycles. The van der Waals surface area contributed by atoms with E-state index in [0.29, 0.717) is 11.6 Å². The minimum atomic E-state index is -3.98. The van der Waals surface area contributed by atoms with Crippen molar-refractivity contribution in [2.24, 2.45) is 5.92 Å². The highest BCUT2D eigenvalue weighted by Crippen LogP contribution is 2.37. The number of benzene rings is 1. The number of hydrogen-bond acceptors (Lipinski definition) is 4. The van der Waals surface area contributed by atoms with Gasteiger partial charge in [0.25, 0.3) is 10.1 Å². The zero-order valence-corrected chi connectivity index (χ0v) is 15.8. The molecule has 1 aromatic rings. The van der Waals surface area contributed by atoms with Crippen LogP contribution in [0.15, 0.2) is 29.2 Å². The van der Waals surface area contributed by atoms with Gasteiger partial charge in [-0.3, -0.25) is 4.18 Å². The summed E-state index contributed by atoms with van der Waals surface area (Å²) in [5, 5.41) is 10.2. The topological polar surface area (TPSA) is 80.7 Å². The van der Waals surface area contributed by atoms with Crippen molar-refractivity contribution >= 4 is 27.8 Å². The number of carboxylic acid groups (broad SMARTS) is 1. The van der Waals surface area contributed by atoms with Gasteiger partial charge >= 0.3 is 6.09 Å². The van der Waals surface area contributed by atoms with Gasteiger partial charge in [-0.1, -0.05) is 18.5 Å². The van der Waals surface area contributed by atoms with E-state index in [2.05, 4.69) is 0 Å². The van der Waals surface area contributed by atoms with Crippen molar-refractivity contribution in [2.75, 3.05) is 13.1 Å². The minimum Gasteiger partial charge on any atom is -0.435 e. The highest BCUT2D eigenvalue weighted by atomic mass is 35.5. The van der Waals surface area contributed by atoms with Gasteiger partial charge in [-0.25, -0.2) is 4.48 Å². The van der Waals surface area contributed by atoms with Gasteiger partial charge in [0.15, 0.2) is 0 Å². The Bertz CT molecular complexity index is 726. The quantitative estimate of drug-likeness (QED) is 0.646. The molecule has 24 heavy (non-hydrogen) atoms. The summed E-state index contributed by atoms with van der Waals surface area (Å²) in [6, 6.07) is 5.70. The maximum absolute atomic E-state index is 12.5. The highest BCUT2D eigenvalue weighted by Gasteiger charge is 2.57. The van der Waals surface area contributed by atoms with Gasteiger partial charge in [0.1, 0.15) is 18.2 Å². The first-order chi connectivity index (χ1) is 10.9. The fraction of sp³-hybridized carbons (Fsp3) is 0.562. The zero-order valence-electron chi connectivity index (χ0n) is 14.2. The summed E-state index contributed by atoms with van der Waals surface area (Å²) in [7, 11) is -3.98. The zero-order chi connectivity index (χ0) is 18.3. The van der Waals surface area contributed by atoms with Crippen molar-refractivity contribution < 1.29 is 27.0 Å². The predicted octanol–water partition coefficient (Wildman–Crippen LogP) is 3.36. The van der Waals surface area contributed by atoms with Crippen molar-refractivity contribution in [3.05, 3.63) is 29.3 Å². The van der Waals surface area contributed by atoms with E-state index in [9.17, 15) is 18.3 Å². The summed E-state index contributed by atoms with van der Waals surface area (Å²) < 4.78 is 30.1. The first-order valence-electron chi connectivity index (χ1n) is 7.68. The second-order valence-corrected chi connectivity index (χ2v) is 9.31. The largest absolute Gasteiger partial charge is 0.514 e. The molecule has 1 amide bonds. The Morgan fingerprint density at radius 2 is 1.79 bits per heavy atom. The minimum absolute atomic E-state index is 0.00943. The normalized spacial score (nSPS) is 28.0. The molecule has 1 heterocycles. The molecule has 1 unspecified atom stereocenters. The van der Waals surface area contributed by atoms with Crippen molar-refractivity contribution in [3.8, 4) is 0 Å². The van der Waals surface area contributed by atoms with Crippen LogP contribution in [0.4, 0.5) is 4.79 Å². The van der Waals surface area contributed by atoms with Gasteiger partial charge in [0.2, 0.25) is 0 Å². The Kier molecular flexibility index (Phi) is 5.03. The average Bonchev–Trinajstić information content (AvgIpc) is 2.77. The van der Waals surface area contributed by atoms with Crippen LogP contribution in [0.25, 0.3) is 0 Å². The van der Waals surface area contributed by atoms with Crippen LogP contribution in [0.5, 0.6) is 0 Å². The van der Waals surface area contributed by atoms with Gasteiger partial charge in [-0.2, -0.15) is 13.2 Å². The molecule has 2 rings (SSSR count). The number of likely N-dealkylation sites (tertiary alicyclic amines) is 1. The summed E-state index contributed by atoms with van der Waals surface area (Å²) in [6.07, 6.45) is -1.66. The predicted molar refractivity (Wildman–Crippen MR) is 90.4 cm³/mol. The lowest BCUT2D eigenvalue weighted by Crippen LogP contribution is -2.62. The third kappa shape index (κ3) is 3.44. The third-order valence-corrected chi connectivity index (χ3v) is 6.33. The van der Waals surface area contributed by atoms with E-state index in [0.717, 1.165) is 0 Å². The van der Waals surface area contributed by atoms with Gasteiger partial charge in [0, 0.05) is 10.9 Å². The molecule has 0 radical (unpaired) electrons. The van der Waals surface area contributed by atoms with Crippen LogP contribution in [0, 0.1) is 5.92 Å². The molecular formula is C16H23ClNO5S+. The summed E-state index contributed by atoms with van der Waals surface area (Å²) in [4.78, 5) is 11.9. The maximum Gasteiger partial charge on any atom is 0.514 e. The monoisotopic (exact) mass is 376 g/mol. The first kappa shape index (κ1) is 19.2. The van der Waals surface area contributed by atoms with Gasteiger partial charge < -0.3 is 5.11 Å². The van der Waals surface area contributed by atoms with Crippen LogP contribution in [0.3, 0.4) is 0 Å². The van der Waals surface area contributed by atoms with Crippen LogP contribution >= 0.6 is 11.6 Å². The second-order valence-electron chi connectivity index (χ2n) is 7.31. The molecule has 134 valence electrons. The standard InChI is InChI=1S/C16H22ClNO5S/c1-11-9-18(15(19)20,16(2,3)4)10-14(11)23-24(21,22)13-7-5-12(17)6-8-13/h5-8,11,14H,9-10H2,1-4H3/p+1/t11?,14-,18-/m0/s1. The number of hydrogen-bond donors (Lipinski definition) is 1. The Hall–Kier alpha value is -1.15. The molecule has 1 fully saturated rings. The van der Waals surface area contributed by atoms with Crippen molar-refractivity contribution in [2.45, 2.75) is 44.2 Å². The maximum atomic E-state index is 12.5. The summed E-state index contributed by atoms with van der Waals surface area (Å²) in [5.74, 6) is -0.206. The molecule has 1 aliphatic heterocycles. The van der Waals surface area contributed by atoms with Crippen LogP contribution < -0.4 is 0 Å². The lowest BCUT2D eigenvalue weighted by molar-refractivity contribution is -0.894. The average molecular weight is 377 g/mol. The Balaban J connectivity index is 2.28. The molecule has 3 atom stereocenters. The van der Waals surface area contributed by atoms with Crippen LogP contribution in [-0.2, 0) is 14.3 Å². The summed E-state index contributed by atoms with van der Waals surface area (Å²) in [5.41, 5.74) is -0.567. The second kappa shape index (κ2) is 6.29. The number of quaternary nitrogens is 1. The van der Waals surface area contributed by atoms with E-state index in [4.69, 9.17) is 15.8 Å². The number of halogens is 1. The molecule has 0 aromatic heterocycles. The molecule has 0 bridgehead atoms. The lowest BCUT2D eigenvalue weighted by atomic mass is 10.0. The van der Waals surface area contributed by atoms with Crippen LogP contribution in [0.1, 0.15) is 27.7 Å². The number of rotatable bonds is 3. The number of amides is 1. The van der Waals surface area contributed by atoms with E-state index < -0.39 is 27.9 Å². The first-order valence-corrected chi connectivity index (χ1v) is 9.47. The molecule has 8 heteroatoms. The van der Waals surface area contributed by atoms with Gasteiger partial charge in [-0.15, -0.1) is 0 Å². The SMILES string of the molecule is CC1C[N@+](C(=O)O)(C(C)(C)C)C[C@@H]1OS(=O)(=O)c1ccc(Cl)cc1. The van der Waals surface area contributed by atoms with Crippen molar-refractivity contribution in [3.63, 3.8) is 0 Å². The fourth-order valence-corrected chi connectivity index (χ4v) is 4.39. The molecule has 1 aliphatic rings. The van der Waals surface area contributed by atoms with E-state index >= 15 is 0 Å². The Morgan fingerprint density at radius 3 is 2.21 bits per heavy atom. The Labute approximate surface area is 147 Å². The van der Waals surface area contributed by atoms with E-state index in [-0.39, 0.29) is 21.8 Å². The van der Waals surface area contributed by atoms with Crippen LogP contribution in [-0.4, -0.2) is 48.8 Å². The van der Waals surface area contributed by atoms with E-state index in [1.807, 2.05) is 27.7 Å². The fourth-order valence-electron chi connectivity index (χ4n) is 3.11. The van der Waals surface area contributed by atoms with Gasteiger partial charge in [-0.05, 0) is 45.0 Å². The van der Waals surface area contributed by atoms with E-state index in [1.54, 1.807) is 0 Å². The van der Waals surface area contributed by atoms with Crippen molar-refractivity contribution in [1.82, 2.24) is 0 Å². The van der Waals surface area contributed by atoms with Crippen molar-refractivity contribution in [1.29, 1.82) is 0 Å². The molecule has 0 saturated carbocycles. The van der Waals surface area contributed by atoms with Crippen LogP contribution in [0.2, 0.25) is 5.02 Å². The Morgan fingerprint density at radius 1 is 1.25 bits per heavy atom.